The molecule has 2 unspecified atom stereocenters. The maximum Gasteiger partial charge on any atom is 0.407 e. The van der Waals surface area contributed by atoms with E-state index in [1.807, 2.05) is 72.2 Å². The topological polar surface area (TPSA) is 516 Å². The molecule has 6 aromatic rings. The van der Waals surface area contributed by atoms with Crippen molar-refractivity contribution in [2.24, 2.45) is 46.2 Å². The van der Waals surface area contributed by atoms with Crippen molar-refractivity contribution in [3.8, 4) is 0 Å². The summed E-state index contributed by atoms with van der Waals surface area (Å²) in [5, 5.41) is 52.3. The van der Waals surface area contributed by atoms with Crippen molar-refractivity contribution >= 4 is 87.4 Å². The van der Waals surface area contributed by atoms with Crippen LogP contribution in [0.25, 0.3) is 11.1 Å². The first-order valence-electron chi connectivity index (χ1n) is 49.4. The SMILES string of the molecule is CO[C@H]1C[C@@H]2CC[C@@H](C)[C@@](O)(O2)C(=O)C(=O)N2CCCC[C@H]2C(=O)O[C@H]([C@H](N)C[C@@H]2CC[C@@H](OC(=O)NCCOCCC(=O)NCc3cnc(N4CCN(C(=O)CCOCCN5CCN(c6cnc(C(=O)C7CCc8cc(CC9N=C(c%10ccc%11oc(N)nc%11c%10)c%10c(N)ncnc%109)ccc8C7)nc6)CC5)CC4)nc3)[C@H](OC)C2)C[C@@H](O)[C@H](C)/C=C(\C)[C@@H](O)[C@@H](O)C(=O)[C@H](C)C[C@H](C)/C=C/C=C/C=C/1C. The third kappa shape index (κ3) is 26.7. The third-order valence-electron chi connectivity index (χ3n) is 28.8. The Morgan fingerprint density at radius 1 is 0.707 bits per heavy atom. The van der Waals surface area contributed by atoms with Crippen molar-refractivity contribution in [3.05, 3.63) is 160 Å². The number of carbonyl (C=O) groups is 8. The van der Waals surface area contributed by atoms with Gasteiger partial charge < -0.3 is 105 Å². The first-order chi connectivity index (χ1) is 67.4. The van der Waals surface area contributed by atoms with Gasteiger partial charge in [0, 0.05) is 172 Å². The molecule has 4 saturated heterocycles. The standard InChI is InChI=1S/C102H138N18O20/c1-60-14-10-9-11-15-61(2)82(133-7)52-74-24-17-65(6)102(132,140-74)94(128)97(129)120-30-13-12-16-78(120)98(130)137-83(53-79(121)62(3)45-64(5)91(125)93(127)90(124)63(4)44-60)75(103)47-67-19-25-81(84(49-67)134-8)139-101(131)106-29-42-135-40-27-85(122)107-54-68-55-110-100(111-56-68)119-37-35-118(36-38-119)86(123)28-41-136-43-39-116-31-33-117(34-32-116)73-57-108-96(109-58-73)92(126)72-22-21-69-46-66(18-20-70(69)50-72)48-77-89-87(95(104)113-59-112-89)88(114-77)71-23-26-80-76(51-71)115-99(105)138-80/h9-11,14-15,18,20,23,26,45-46,51,55-60,62-63,65,67,72,74-75,77-79,81-84,91,93,121,125,127,132H,12-13,16-17,19,21-22,24-25,27-44,47-50,52-54,103H2,1-8H3,(H2,105,115)(H,106,131)(H,107,122)(H2,104,112,113)/b11-9+,14-10+,61-15+,64-45+/t60-,62-,63-,65-,67+,72?,74+,75-,77?,78+,79-,81-,82+,83+,84-,91-,93+,102-/m1/s1. The number of nitrogens with one attached hydrogen (secondary N) is 2. The van der Waals surface area contributed by atoms with E-state index in [0.717, 1.165) is 77.7 Å². The van der Waals surface area contributed by atoms with E-state index >= 15 is 0 Å². The van der Waals surface area contributed by atoms with Gasteiger partial charge in [0.05, 0.1) is 98.4 Å². The fraction of sp³-hybridized carbons (Fsp3) is 0.588. The number of aliphatic hydroxyl groups is 4. The summed E-state index contributed by atoms with van der Waals surface area (Å²) >= 11 is 0. The van der Waals surface area contributed by atoms with Gasteiger partial charge >= 0.3 is 12.1 Å². The van der Waals surface area contributed by atoms with Crippen LogP contribution >= 0.6 is 0 Å². The maximum atomic E-state index is 14.7. The fourth-order valence-electron chi connectivity index (χ4n) is 20.3. The Morgan fingerprint density at radius 2 is 1.46 bits per heavy atom. The first-order valence-corrected chi connectivity index (χ1v) is 49.4. The molecule has 2 aliphatic carbocycles. The molecule has 140 heavy (non-hydrogen) atoms. The number of oxazole rings is 1. The van der Waals surface area contributed by atoms with E-state index in [4.69, 9.17) is 59.8 Å². The van der Waals surface area contributed by atoms with E-state index in [-0.39, 0.29) is 130 Å². The normalized spacial score (nSPS) is 28.8. The molecule has 38 nitrogen and oxygen atoms in total. The van der Waals surface area contributed by atoms with E-state index in [0.29, 0.717) is 150 Å². The van der Waals surface area contributed by atoms with Gasteiger partial charge in [-0.05, 0) is 155 Å². The Kier molecular flexibility index (Phi) is 36.5. The van der Waals surface area contributed by atoms with Crippen LogP contribution in [-0.2, 0) is 87.7 Å². The molecule has 2 aromatic carbocycles. The highest BCUT2D eigenvalue weighted by atomic mass is 16.6. The molecule has 12 N–H and O–H groups in total. The summed E-state index contributed by atoms with van der Waals surface area (Å²) in [5.41, 5.74) is 29.6. The van der Waals surface area contributed by atoms with Gasteiger partial charge in [-0.3, -0.25) is 38.7 Å². The molecule has 5 fully saturated rings. The van der Waals surface area contributed by atoms with Gasteiger partial charge in [-0.15, -0.1) is 0 Å². The molecule has 1 saturated carbocycles. The Balaban J connectivity index is 0.458. The number of esters is 1. The number of cyclic esters (lactones) is 1. The first kappa shape index (κ1) is 105. The number of hydrogen-bond acceptors (Lipinski definition) is 34. The van der Waals surface area contributed by atoms with Crippen LogP contribution in [0.15, 0.2) is 125 Å². The largest absolute Gasteiger partial charge is 0.459 e. The van der Waals surface area contributed by atoms with Gasteiger partial charge in [0.2, 0.25) is 29.3 Å². The molecule has 756 valence electrons. The lowest BCUT2D eigenvalue weighted by molar-refractivity contribution is -0.265. The molecular formula is C102H138N18O20. The molecule has 18 atom stereocenters. The summed E-state index contributed by atoms with van der Waals surface area (Å²) in [4.78, 5) is 157. The lowest BCUT2D eigenvalue weighted by Gasteiger charge is -2.42. The highest BCUT2D eigenvalue weighted by molar-refractivity contribution is 6.39. The minimum absolute atomic E-state index is 0.00341. The molecule has 4 aromatic heterocycles. The second-order valence-corrected chi connectivity index (χ2v) is 38.8. The lowest BCUT2D eigenvalue weighted by Crippen LogP contribution is -2.61. The van der Waals surface area contributed by atoms with Gasteiger partial charge in [0.1, 0.15) is 48.1 Å². The Morgan fingerprint density at radius 3 is 2.23 bits per heavy atom. The third-order valence-corrected chi connectivity index (χ3v) is 28.8. The molecule has 4 amide bonds. The van der Waals surface area contributed by atoms with Crippen molar-refractivity contribution in [1.82, 2.24) is 60.2 Å². The number of carbonyl (C=O) groups excluding carboxylic acids is 8. The summed E-state index contributed by atoms with van der Waals surface area (Å²) in [5.74, 6) is -8.01. The van der Waals surface area contributed by atoms with Crippen molar-refractivity contribution in [2.45, 2.75) is 236 Å². The molecule has 0 radical (unpaired) electrons. The van der Waals surface area contributed by atoms with Gasteiger partial charge in [0.25, 0.3) is 17.7 Å². The zero-order valence-corrected chi connectivity index (χ0v) is 81.5. The zero-order chi connectivity index (χ0) is 99.4. The van der Waals surface area contributed by atoms with Gasteiger partial charge in [-0.1, -0.05) is 82.4 Å². The number of nitrogens with zero attached hydrogens (tertiary/aromatic N) is 13. The number of aromatic nitrogens is 7. The monoisotopic (exact) mass is 1940 g/mol. The van der Waals surface area contributed by atoms with Gasteiger partial charge in [-0.25, -0.2) is 39.5 Å². The maximum absolute atomic E-state index is 14.7. The highest BCUT2D eigenvalue weighted by Crippen LogP contribution is 2.41. The number of nitrogen functional groups attached to an aromatic ring is 2. The Bertz CT molecular complexity index is 5450. The van der Waals surface area contributed by atoms with E-state index in [9.17, 15) is 58.8 Å². The number of ketones is 3. The number of ether oxygens (including phenoxy) is 7. The van der Waals surface area contributed by atoms with Crippen LogP contribution in [-0.4, -0.2) is 302 Å². The molecular weight excluding hydrogens is 1800 g/mol. The van der Waals surface area contributed by atoms with Crippen LogP contribution in [0.4, 0.5) is 28.3 Å². The number of Topliss-reactive ketones (excluding diaryl/α,β-unsaturated/α-hetero) is 3. The summed E-state index contributed by atoms with van der Waals surface area (Å²) in [7, 11) is 3.06. The van der Waals surface area contributed by atoms with Crippen LogP contribution in [0.1, 0.15) is 194 Å². The molecule has 6 aliphatic heterocycles. The highest BCUT2D eigenvalue weighted by Gasteiger charge is 2.54. The van der Waals surface area contributed by atoms with Crippen molar-refractivity contribution in [3.63, 3.8) is 0 Å². The van der Waals surface area contributed by atoms with Crippen LogP contribution in [0.3, 0.4) is 0 Å². The predicted octanol–water partition coefficient (Wildman–Crippen LogP) is 7.14. The predicted molar refractivity (Wildman–Crippen MR) is 520 cm³/mol. The number of fused-ring (bicyclic) bond motifs is 6. The second kappa shape index (κ2) is 48.9. The minimum atomic E-state index is -2.51. The summed E-state index contributed by atoms with van der Waals surface area (Å²) in [6, 6.07) is 9.69. The number of methoxy groups -OCH3 is 2. The lowest BCUT2D eigenvalue weighted by atomic mass is 9.80. The van der Waals surface area contributed by atoms with Gasteiger partial charge in [0.15, 0.2) is 17.2 Å². The smallest absolute Gasteiger partial charge is 0.407 e. The van der Waals surface area contributed by atoms with Crippen molar-refractivity contribution in [2.75, 3.05) is 134 Å². The quantitative estimate of drug-likeness (QED) is 0.00813. The van der Waals surface area contributed by atoms with E-state index in [1.54, 1.807) is 65.7 Å². The molecule has 38 heteroatoms. The zero-order valence-electron chi connectivity index (χ0n) is 81.5. The van der Waals surface area contributed by atoms with Crippen molar-refractivity contribution in [1.29, 1.82) is 0 Å². The Labute approximate surface area is 816 Å². The number of nitrogens with two attached hydrogens (primary N) is 3. The average molecular weight is 1940 g/mol. The number of allylic oxidation sites excluding steroid dienone is 5. The average Bonchev–Trinajstić information content (AvgIpc) is 1.63. The number of amides is 4. The molecule has 0 spiro atoms. The van der Waals surface area contributed by atoms with E-state index in [2.05, 4.69) is 73.5 Å². The fourth-order valence-corrected chi connectivity index (χ4v) is 20.3. The van der Waals surface area contributed by atoms with Crippen LogP contribution in [0, 0.1) is 35.5 Å². The number of piperidine rings is 1. The summed E-state index contributed by atoms with van der Waals surface area (Å²) in [6.07, 6.45) is 17.1. The number of anilines is 4. The van der Waals surface area contributed by atoms with Crippen molar-refractivity contribution < 1.29 is 96.4 Å². The molecule has 14 rings (SSSR count). The number of hydrogen-bond donors (Lipinski definition) is 9. The molecule has 10 heterocycles. The number of aliphatic hydroxyl groups excluding tert-OH is 3. The van der Waals surface area contributed by atoms with E-state index < -0.39 is 114 Å². The summed E-state index contributed by atoms with van der Waals surface area (Å²) in [6.45, 7) is 17.7. The number of piperazine rings is 2. The number of rotatable bonds is 27. The molecule has 8 aliphatic rings. The van der Waals surface area contributed by atoms with E-state index in [1.165, 1.54) is 19.0 Å². The van der Waals surface area contributed by atoms with Crippen LogP contribution < -0.4 is 37.6 Å². The summed E-state index contributed by atoms with van der Waals surface area (Å²) < 4.78 is 47.3. The molecule has 2 bridgehead atoms. The number of alkyl carbamates (subject to hydrolysis) is 1. The Hall–Kier alpha value is -11.3. The van der Waals surface area contributed by atoms with Crippen LogP contribution in [0.5, 0.6) is 0 Å². The van der Waals surface area contributed by atoms with Crippen LogP contribution in [0.2, 0.25) is 0 Å². The minimum Gasteiger partial charge on any atom is -0.459 e. The second-order valence-electron chi connectivity index (χ2n) is 38.8. The number of aryl methyl sites for hydroxylation is 1. The number of aliphatic imine (C=N–C) groups is 1. The van der Waals surface area contributed by atoms with Gasteiger partial charge in [-0.2, -0.15) is 4.98 Å². The number of benzene rings is 2.